The summed E-state index contributed by atoms with van der Waals surface area (Å²) < 4.78 is 5.79. The molecule has 9 nitrogen and oxygen atoms in total. The molecule has 1 aliphatic rings. The Kier molecular flexibility index (Phi) is 7.90. The SMILES string of the molecule is CCN1CCN(c2cc(OC)c(Nc3cc(-c4ccc(C=N)c(NC)c4)ncn3)cc2NC)C[C@H]1C. The second-order valence-electron chi connectivity index (χ2n) is 8.85. The van der Waals surface area contributed by atoms with Gasteiger partial charge >= 0.3 is 0 Å². The molecular formula is C27H36N8O. The van der Waals surface area contributed by atoms with Crippen LogP contribution in [0.4, 0.5) is 28.6 Å². The molecule has 3 aromatic rings. The maximum atomic E-state index is 7.58. The lowest BCUT2D eigenvalue weighted by atomic mass is 10.1. The number of ether oxygens (including phenoxy) is 1. The molecule has 2 aromatic carbocycles. The third kappa shape index (κ3) is 5.21. The van der Waals surface area contributed by atoms with E-state index in [9.17, 15) is 0 Å². The van der Waals surface area contributed by atoms with Gasteiger partial charge in [0.2, 0.25) is 0 Å². The predicted octanol–water partition coefficient (Wildman–Crippen LogP) is 4.51. The molecule has 4 N–H and O–H groups in total. The van der Waals surface area contributed by atoms with Crippen LogP contribution >= 0.6 is 0 Å². The molecule has 0 amide bonds. The molecule has 1 aliphatic heterocycles. The summed E-state index contributed by atoms with van der Waals surface area (Å²) in [5.74, 6) is 1.42. The topological polar surface area (TPSA) is 101 Å². The largest absolute Gasteiger partial charge is 0.494 e. The van der Waals surface area contributed by atoms with E-state index in [1.54, 1.807) is 13.4 Å². The number of benzene rings is 2. The number of methoxy groups -OCH3 is 1. The van der Waals surface area contributed by atoms with Gasteiger partial charge in [-0.1, -0.05) is 19.1 Å². The Labute approximate surface area is 213 Å². The van der Waals surface area contributed by atoms with E-state index in [1.807, 2.05) is 38.4 Å². The standard InChI is InChI=1S/C27H36N8O/c1-6-34-9-10-35(16-18(34)2)25-14-26(36-5)24(12-23(25)30-4)33-27-13-22(31-17-32-27)19-7-8-20(15-28)21(11-19)29-3/h7-8,11-15,17-18,28-30H,6,9-10,16H2,1-5H3,(H,31,32,33)/t18-/m1/s1. The number of nitrogens with zero attached hydrogens (tertiary/aromatic N) is 4. The maximum absolute atomic E-state index is 7.58. The lowest BCUT2D eigenvalue weighted by Crippen LogP contribution is -2.51. The van der Waals surface area contributed by atoms with E-state index in [-0.39, 0.29) is 0 Å². The van der Waals surface area contributed by atoms with Gasteiger partial charge in [-0.25, -0.2) is 9.97 Å². The van der Waals surface area contributed by atoms with Gasteiger partial charge in [0, 0.05) is 74.9 Å². The van der Waals surface area contributed by atoms with Crippen LogP contribution in [0.15, 0.2) is 42.7 Å². The molecule has 0 aliphatic carbocycles. The minimum absolute atomic E-state index is 0.494. The second-order valence-corrected chi connectivity index (χ2v) is 8.85. The van der Waals surface area contributed by atoms with Crippen molar-refractivity contribution in [1.29, 1.82) is 5.41 Å². The van der Waals surface area contributed by atoms with Crippen molar-refractivity contribution < 1.29 is 4.74 Å². The Hall–Kier alpha value is -3.85. The van der Waals surface area contributed by atoms with Crippen LogP contribution in [0.1, 0.15) is 19.4 Å². The zero-order chi connectivity index (χ0) is 25.7. The number of piperazine rings is 1. The first-order valence-electron chi connectivity index (χ1n) is 12.3. The van der Waals surface area contributed by atoms with Crippen LogP contribution in [0.25, 0.3) is 11.3 Å². The van der Waals surface area contributed by atoms with Gasteiger partial charge in [-0.2, -0.15) is 0 Å². The first-order valence-corrected chi connectivity index (χ1v) is 12.3. The van der Waals surface area contributed by atoms with E-state index in [0.717, 1.165) is 71.5 Å². The lowest BCUT2D eigenvalue weighted by Gasteiger charge is -2.41. The van der Waals surface area contributed by atoms with Crippen molar-refractivity contribution in [3.63, 3.8) is 0 Å². The second kappa shape index (κ2) is 11.3. The molecule has 0 bridgehead atoms. The molecule has 0 spiro atoms. The van der Waals surface area contributed by atoms with E-state index in [0.29, 0.717) is 11.9 Å². The molecule has 1 saturated heterocycles. The molecule has 2 heterocycles. The van der Waals surface area contributed by atoms with Crippen LogP contribution in [0.3, 0.4) is 0 Å². The zero-order valence-electron chi connectivity index (χ0n) is 21.7. The van der Waals surface area contributed by atoms with Crippen molar-refractivity contribution >= 4 is 34.8 Å². The molecule has 190 valence electrons. The first kappa shape index (κ1) is 25.2. The van der Waals surface area contributed by atoms with Crippen molar-refractivity contribution in [2.45, 2.75) is 19.9 Å². The minimum Gasteiger partial charge on any atom is -0.494 e. The first-order chi connectivity index (χ1) is 17.5. The fourth-order valence-electron chi connectivity index (χ4n) is 4.76. The molecule has 4 rings (SSSR count). The summed E-state index contributed by atoms with van der Waals surface area (Å²) >= 11 is 0. The van der Waals surface area contributed by atoms with Gasteiger partial charge in [0.15, 0.2) is 0 Å². The number of hydrogen-bond donors (Lipinski definition) is 4. The number of likely N-dealkylation sites (N-methyl/N-ethyl adjacent to an activating group) is 1. The van der Waals surface area contributed by atoms with Crippen LogP contribution in [0.2, 0.25) is 0 Å². The van der Waals surface area contributed by atoms with Crippen molar-refractivity contribution in [3.8, 4) is 17.0 Å². The number of anilines is 5. The molecule has 0 radical (unpaired) electrons. The highest BCUT2D eigenvalue weighted by atomic mass is 16.5. The van der Waals surface area contributed by atoms with Gasteiger partial charge in [-0.3, -0.25) is 4.90 Å². The summed E-state index contributed by atoms with van der Waals surface area (Å²) in [6, 6.07) is 12.4. The Morgan fingerprint density at radius 2 is 1.86 bits per heavy atom. The third-order valence-electron chi connectivity index (χ3n) is 6.80. The summed E-state index contributed by atoms with van der Waals surface area (Å²) in [6.45, 7) is 8.57. The molecule has 9 heteroatoms. The van der Waals surface area contributed by atoms with Crippen molar-refractivity contribution in [2.24, 2.45) is 0 Å². The number of nitrogens with one attached hydrogen (secondary N) is 4. The Morgan fingerprint density at radius 1 is 1.06 bits per heavy atom. The monoisotopic (exact) mass is 488 g/mol. The van der Waals surface area contributed by atoms with E-state index in [1.165, 1.54) is 6.21 Å². The van der Waals surface area contributed by atoms with Gasteiger partial charge < -0.3 is 31.0 Å². The highest BCUT2D eigenvalue weighted by Gasteiger charge is 2.25. The quantitative estimate of drug-likeness (QED) is 0.327. The fourth-order valence-corrected chi connectivity index (χ4v) is 4.76. The molecule has 1 atom stereocenters. The Bertz CT molecular complexity index is 1210. The average Bonchev–Trinajstić information content (AvgIpc) is 2.92. The van der Waals surface area contributed by atoms with Gasteiger partial charge in [0.05, 0.1) is 29.9 Å². The molecule has 0 unspecified atom stereocenters. The Morgan fingerprint density at radius 3 is 2.53 bits per heavy atom. The zero-order valence-corrected chi connectivity index (χ0v) is 21.7. The smallest absolute Gasteiger partial charge is 0.144 e. The number of rotatable bonds is 9. The summed E-state index contributed by atoms with van der Waals surface area (Å²) in [6.07, 6.45) is 2.89. The number of aromatic nitrogens is 2. The van der Waals surface area contributed by atoms with Crippen LogP contribution in [0.5, 0.6) is 5.75 Å². The highest BCUT2D eigenvalue weighted by molar-refractivity contribution is 5.88. The van der Waals surface area contributed by atoms with Crippen LogP contribution in [-0.2, 0) is 0 Å². The third-order valence-corrected chi connectivity index (χ3v) is 6.80. The van der Waals surface area contributed by atoms with Crippen LogP contribution in [0, 0.1) is 5.41 Å². The molecule has 0 saturated carbocycles. The van der Waals surface area contributed by atoms with Crippen molar-refractivity contribution in [3.05, 3.63) is 48.3 Å². The summed E-state index contributed by atoms with van der Waals surface area (Å²) in [4.78, 5) is 13.8. The van der Waals surface area contributed by atoms with Crippen LogP contribution < -0.4 is 25.6 Å². The summed E-state index contributed by atoms with van der Waals surface area (Å²) in [5.41, 5.74) is 6.42. The van der Waals surface area contributed by atoms with Crippen molar-refractivity contribution in [2.75, 3.05) is 68.2 Å². The molecule has 1 fully saturated rings. The van der Waals surface area contributed by atoms with Crippen molar-refractivity contribution in [1.82, 2.24) is 14.9 Å². The van der Waals surface area contributed by atoms with E-state index in [2.05, 4.69) is 61.7 Å². The fraction of sp³-hybridized carbons (Fsp3) is 0.370. The predicted molar refractivity (Wildman–Crippen MR) is 150 cm³/mol. The lowest BCUT2D eigenvalue weighted by molar-refractivity contribution is 0.199. The van der Waals surface area contributed by atoms with Gasteiger partial charge in [-0.15, -0.1) is 0 Å². The van der Waals surface area contributed by atoms with E-state index in [4.69, 9.17) is 10.1 Å². The maximum Gasteiger partial charge on any atom is 0.144 e. The van der Waals surface area contributed by atoms with Gasteiger partial charge in [0.1, 0.15) is 17.9 Å². The van der Waals surface area contributed by atoms with E-state index < -0.39 is 0 Å². The highest BCUT2D eigenvalue weighted by Crippen LogP contribution is 2.39. The summed E-state index contributed by atoms with van der Waals surface area (Å²) in [7, 11) is 5.48. The van der Waals surface area contributed by atoms with Gasteiger partial charge in [-0.05, 0) is 25.6 Å². The normalized spacial score (nSPS) is 15.9. The molecular weight excluding hydrogens is 452 g/mol. The minimum atomic E-state index is 0.494. The van der Waals surface area contributed by atoms with Crippen LogP contribution in [-0.4, -0.2) is 74.5 Å². The summed E-state index contributed by atoms with van der Waals surface area (Å²) in [5, 5.41) is 17.5. The molecule has 1 aromatic heterocycles. The Balaban J connectivity index is 1.62. The van der Waals surface area contributed by atoms with E-state index >= 15 is 0 Å². The molecule has 36 heavy (non-hydrogen) atoms. The van der Waals surface area contributed by atoms with Gasteiger partial charge in [0.25, 0.3) is 0 Å². The average molecular weight is 489 g/mol. The number of hydrogen-bond acceptors (Lipinski definition) is 9.